The minimum atomic E-state index is 0.129. The number of methoxy groups -OCH3 is 2. The van der Waals surface area contributed by atoms with E-state index in [-0.39, 0.29) is 6.04 Å². The fourth-order valence-electron chi connectivity index (χ4n) is 3.72. The van der Waals surface area contributed by atoms with Crippen molar-refractivity contribution in [1.29, 1.82) is 0 Å². The summed E-state index contributed by atoms with van der Waals surface area (Å²) in [5, 5.41) is 3.84. The summed E-state index contributed by atoms with van der Waals surface area (Å²) in [6.45, 7) is 1.65. The maximum absolute atomic E-state index is 5.56. The second-order valence-electron chi connectivity index (χ2n) is 6.42. The number of rotatable bonds is 5. The van der Waals surface area contributed by atoms with E-state index in [9.17, 15) is 0 Å². The van der Waals surface area contributed by atoms with Gasteiger partial charge in [-0.05, 0) is 35.2 Å². The average Bonchev–Trinajstić information content (AvgIpc) is 3.20. The first kappa shape index (κ1) is 16.7. The zero-order valence-electron chi connectivity index (χ0n) is 15.0. The Morgan fingerprint density at radius 2 is 1.85 bits per heavy atom. The van der Waals surface area contributed by atoms with Gasteiger partial charge in [-0.1, -0.05) is 35.5 Å². The van der Waals surface area contributed by atoms with Gasteiger partial charge in [0.05, 0.1) is 33.0 Å². The van der Waals surface area contributed by atoms with Crippen LogP contribution in [0, 0.1) is 0 Å². The maximum atomic E-state index is 5.56. The van der Waals surface area contributed by atoms with Gasteiger partial charge in [-0.25, -0.2) is 0 Å². The number of nitrogens with zero attached hydrogens (tertiary/aromatic N) is 2. The van der Waals surface area contributed by atoms with Crippen molar-refractivity contribution in [3.8, 4) is 11.5 Å². The van der Waals surface area contributed by atoms with Gasteiger partial charge in [0.15, 0.2) is 17.3 Å². The highest BCUT2D eigenvalue weighted by molar-refractivity contribution is 5.51. The number of fused-ring (bicyclic) bond motifs is 1. The Hall–Kier alpha value is -2.79. The van der Waals surface area contributed by atoms with Gasteiger partial charge in [-0.15, -0.1) is 0 Å². The third-order valence-electron chi connectivity index (χ3n) is 4.94. The Balaban J connectivity index is 1.80. The molecule has 134 valence electrons. The molecule has 5 nitrogen and oxygen atoms in total. The predicted molar refractivity (Wildman–Crippen MR) is 98.4 cm³/mol. The minimum Gasteiger partial charge on any atom is -0.493 e. The van der Waals surface area contributed by atoms with E-state index >= 15 is 0 Å². The molecule has 0 saturated heterocycles. The van der Waals surface area contributed by atoms with Crippen LogP contribution in [0.15, 0.2) is 59.3 Å². The van der Waals surface area contributed by atoms with Crippen molar-refractivity contribution >= 4 is 0 Å². The van der Waals surface area contributed by atoms with E-state index in [0.717, 1.165) is 30.2 Å². The quantitative estimate of drug-likeness (QED) is 0.700. The lowest BCUT2D eigenvalue weighted by Crippen LogP contribution is -2.35. The van der Waals surface area contributed by atoms with E-state index < -0.39 is 0 Å². The van der Waals surface area contributed by atoms with Crippen LogP contribution in [0.1, 0.15) is 28.5 Å². The first-order valence-corrected chi connectivity index (χ1v) is 8.73. The average molecular weight is 350 g/mol. The molecule has 0 saturated carbocycles. The van der Waals surface area contributed by atoms with Crippen molar-refractivity contribution in [2.45, 2.75) is 19.0 Å². The van der Waals surface area contributed by atoms with Crippen molar-refractivity contribution in [1.82, 2.24) is 10.1 Å². The molecule has 5 heteroatoms. The van der Waals surface area contributed by atoms with Crippen LogP contribution < -0.4 is 9.47 Å². The van der Waals surface area contributed by atoms with Crippen LogP contribution in [0.25, 0.3) is 0 Å². The van der Waals surface area contributed by atoms with Gasteiger partial charge in [0.1, 0.15) is 0 Å². The normalized spacial score (nSPS) is 16.9. The second-order valence-corrected chi connectivity index (χ2v) is 6.42. The lowest BCUT2D eigenvalue weighted by molar-refractivity contribution is 0.181. The van der Waals surface area contributed by atoms with E-state index in [1.165, 1.54) is 16.7 Å². The van der Waals surface area contributed by atoms with Gasteiger partial charge >= 0.3 is 0 Å². The topological polar surface area (TPSA) is 47.7 Å². The third kappa shape index (κ3) is 3.06. The molecule has 3 aromatic rings. The largest absolute Gasteiger partial charge is 0.493 e. The van der Waals surface area contributed by atoms with Crippen molar-refractivity contribution in [3.63, 3.8) is 0 Å². The number of ether oxygens (including phenoxy) is 2. The third-order valence-corrected chi connectivity index (χ3v) is 4.94. The van der Waals surface area contributed by atoms with E-state index in [1.807, 2.05) is 12.1 Å². The molecule has 0 spiro atoms. The van der Waals surface area contributed by atoms with E-state index in [4.69, 9.17) is 14.0 Å². The smallest absolute Gasteiger partial charge is 0.161 e. The van der Waals surface area contributed by atoms with Crippen molar-refractivity contribution in [2.75, 3.05) is 20.8 Å². The minimum absolute atomic E-state index is 0.129. The number of aromatic nitrogens is 1. The number of hydrogen-bond acceptors (Lipinski definition) is 5. The van der Waals surface area contributed by atoms with Crippen LogP contribution in [0.2, 0.25) is 0 Å². The zero-order valence-corrected chi connectivity index (χ0v) is 15.0. The highest BCUT2D eigenvalue weighted by atomic mass is 16.5. The Labute approximate surface area is 153 Å². The number of hydrogen-bond donors (Lipinski definition) is 0. The summed E-state index contributed by atoms with van der Waals surface area (Å²) in [7, 11) is 3.36. The molecule has 2 heterocycles. The molecule has 4 rings (SSSR count). The molecule has 0 N–H and O–H groups in total. The van der Waals surface area contributed by atoms with E-state index in [0.29, 0.717) is 6.54 Å². The zero-order chi connectivity index (χ0) is 17.9. The van der Waals surface area contributed by atoms with Crippen molar-refractivity contribution < 1.29 is 14.0 Å². The monoisotopic (exact) mass is 350 g/mol. The molecule has 2 aromatic carbocycles. The Morgan fingerprint density at radius 3 is 2.54 bits per heavy atom. The van der Waals surface area contributed by atoms with Gasteiger partial charge in [0.25, 0.3) is 0 Å². The van der Waals surface area contributed by atoms with Gasteiger partial charge < -0.3 is 14.0 Å². The molecule has 0 aliphatic carbocycles. The molecule has 1 unspecified atom stereocenters. The predicted octanol–water partition coefficient (Wildman–Crippen LogP) is 3.84. The first-order valence-electron chi connectivity index (χ1n) is 8.73. The summed E-state index contributed by atoms with van der Waals surface area (Å²) in [5.41, 5.74) is 3.80. The summed E-state index contributed by atoms with van der Waals surface area (Å²) in [6, 6.07) is 16.8. The van der Waals surface area contributed by atoms with Crippen LogP contribution in [0.4, 0.5) is 0 Å². The molecule has 1 aliphatic rings. The standard InChI is InChI=1S/C21H22N2O3/c1-24-19-12-16-9-11-23(14-17-8-10-22-26-17)21(15-6-4-3-5-7-15)18(16)13-20(19)25-2/h3-8,10,12-13,21H,9,11,14H2,1-2H3. The molecule has 1 aliphatic heterocycles. The summed E-state index contributed by atoms with van der Waals surface area (Å²) in [6.07, 6.45) is 2.64. The second kappa shape index (κ2) is 7.22. The van der Waals surface area contributed by atoms with Gasteiger partial charge in [0.2, 0.25) is 0 Å². The first-order chi connectivity index (χ1) is 12.8. The van der Waals surface area contributed by atoms with Crippen molar-refractivity contribution in [3.05, 3.63) is 77.2 Å². The van der Waals surface area contributed by atoms with Gasteiger partial charge in [-0.3, -0.25) is 4.90 Å². The number of benzene rings is 2. The molecule has 0 amide bonds. The molecule has 0 radical (unpaired) electrons. The Morgan fingerprint density at radius 1 is 1.08 bits per heavy atom. The Bertz CT molecular complexity index is 862. The summed E-state index contributed by atoms with van der Waals surface area (Å²) >= 11 is 0. The molecular weight excluding hydrogens is 328 g/mol. The van der Waals surface area contributed by atoms with Crippen LogP contribution >= 0.6 is 0 Å². The lowest BCUT2D eigenvalue weighted by Gasteiger charge is -2.37. The molecular formula is C21H22N2O3. The summed E-state index contributed by atoms with van der Waals surface area (Å²) < 4.78 is 16.4. The van der Waals surface area contributed by atoms with Gasteiger partial charge in [0, 0.05) is 12.6 Å². The van der Waals surface area contributed by atoms with Crippen LogP contribution in [0.5, 0.6) is 11.5 Å². The fraction of sp³-hybridized carbons (Fsp3) is 0.286. The molecule has 26 heavy (non-hydrogen) atoms. The summed E-state index contributed by atoms with van der Waals surface area (Å²) in [4.78, 5) is 2.42. The SMILES string of the molecule is COc1cc2c(cc1OC)C(c1ccccc1)N(Cc1ccno1)CC2. The van der Waals surface area contributed by atoms with Gasteiger partial charge in [-0.2, -0.15) is 0 Å². The highest BCUT2D eigenvalue weighted by Crippen LogP contribution is 2.41. The van der Waals surface area contributed by atoms with Crippen LogP contribution in [-0.2, 0) is 13.0 Å². The van der Waals surface area contributed by atoms with Crippen LogP contribution in [-0.4, -0.2) is 30.8 Å². The molecule has 0 bridgehead atoms. The van der Waals surface area contributed by atoms with Crippen LogP contribution in [0.3, 0.4) is 0 Å². The van der Waals surface area contributed by atoms with Crippen molar-refractivity contribution in [2.24, 2.45) is 0 Å². The lowest BCUT2D eigenvalue weighted by atomic mass is 9.87. The molecule has 1 aromatic heterocycles. The maximum Gasteiger partial charge on any atom is 0.161 e. The van der Waals surface area contributed by atoms with E-state index in [1.54, 1.807) is 20.4 Å². The van der Waals surface area contributed by atoms with E-state index in [2.05, 4.69) is 46.5 Å². The highest BCUT2D eigenvalue weighted by Gasteiger charge is 2.30. The fourth-order valence-corrected chi connectivity index (χ4v) is 3.72. The Kier molecular flexibility index (Phi) is 4.63. The summed E-state index contributed by atoms with van der Waals surface area (Å²) in [5.74, 6) is 2.41. The molecule has 1 atom stereocenters. The molecule has 0 fully saturated rings.